The van der Waals surface area contributed by atoms with Gasteiger partial charge in [0.25, 0.3) is 5.56 Å². The lowest BCUT2D eigenvalue weighted by Crippen LogP contribution is -2.29. The molecule has 0 saturated carbocycles. The molecule has 22 heavy (non-hydrogen) atoms. The quantitative estimate of drug-likeness (QED) is 0.470. The van der Waals surface area contributed by atoms with Crippen LogP contribution in [-0.2, 0) is 9.63 Å². The van der Waals surface area contributed by atoms with Crippen LogP contribution in [0.5, 0.6) is 0 Å². The molecule has 0 radical (unpaired) electrons. The van der Waals surface area contributed by atoms with Crippen molar-refractivity contribution in [3.05, 3.63) is 20.8 Å². The smallest absolute Gasteiger partial charge is 0.327 e. The Labute approximate surface area is 124 Å². The number of carbonyl (C=O) groups excluding carboxylic acids is 1. The summed E-state index contributed by atoms with van der Waals surface area (Å²) in [5.41, 5.74) is -1.78. The molecule has 10 nitrogen and oxygen atoms in total. The third-order valence-corrected chi connectivity index (χ3v) is 2.98. The Morgan fingerprint density at radius 2 is 2.23 bits per heavy atom. The van der Waals surface area contributed by atoms with Crippen molar-refractivity contribution in [1.82, 2.24) is 9.97 Å². The molecule has 2 atom stereocenters. The fourth-order valence-corrected chi connectivity index (χ4v) is 2.00. The van der Waals surface area contributed by atoms with Gasteiger partial charge in [0, 0.05) is 20.0 Å². The van der Waals surface area contributed by atoms with E-state index < -0.39 is 23.5 Å². The van der Waals surface area contributed by atoms with Gasteiger partial charge in [-0.05, 0) is 0 Å². The van der Waals surface area contributed by atoms with Crippen LogP contribution >= 0.6 is 0 Å². The standard InChI is InChI=1S/C12H16N4O6/c1-6(18)4-13-9-10(14-12(21)15-11(9)20)16-5-7(19)8(22-16)2-3-17/h4,7-8,17,19H,2-3,5H2,1H3,(H2,14,15,20,21)/b13-4+/t7-,8+/m0/s1. The molecular formula is C12H16N4O6. The molecule has 1 saturated heterocycles. The molecular weight excluding hydrogens is 296 g/mol. The normalized spacial score (nSPS) is 21.7. The number of carbonyl (C=O) groups is 1. The van der Waals surface area contributed by atoms with Crippen molar-refractivity contribution in [2.45, 2.75) is 25.6 Å². The average molecular weight is 312 g/mol. The van der Waals surface area contributed by atoms with E-state index in [0.717, 1.165) is 11.3 Å². The second kappa shape index (κ2) is 6.64. The van der Waals surface area contributed by atoms with Gasteiger partial charge >= 0.3 is 5.69 Å². The summed E-state index contributed by atoms with van der Waals surface area (Å²) in [6.45, 7) is 1.06. The number of hydrogen-bond acceptors (Lipinski definition) is 8. The first-order chi connectivity index (χ1) is 10.4. The summed E-state index contributed by atoms with van der Waals surface area (Å²) in [6.07, 6.45) is -0.446. The van der Waals surface area contributed by atoms with Gasteiger partial charge in [0.2, 0.25) is 0 Å². The molecule has 2 rings (SSSR count). The van der Waals surface area contributed by atoms with E-state index in [4.69, 9.17) is 9.94 Å². The summed E-state index contributed by atoms with van der Waals surface area (Å²) in [4.78, 5) is 47.7. The number of aromatic nitrogens is 2. The number of hydrogen-bond donors (Lipinski definition) is 4. The minimum atomic E-state index is -0.903. The van der Waals surface area contributed by atoms with E-state index in [-0.39, 0.29) is 36.9 Å². The number of aromatic amines is 2. The molecule has 0 unspecified atom stereocenters. The Kier molecular flexibility index (Phi) is 4.85. The first kappa shape index (κ1) is 16.1. The fourth-order valence-electron chi connectivity index (χ4n) is 2.00. The average Bonchev–Trinajstić information content (AvgIpc) is 2.78. The lowest BCUT2D eigenvalue weighted by atomic mass is 10.1. The minimum absolute atomic E-state index is 0.0212. The third-order valence-electron chi connectivity index (χ3n) is 2.98. The van der Waals surface area contributed by atoms with Gasteiger partial charge in [0.15, 0.2) is 17.3 Å². The number of Topliss-reactive ketones (excluding diaryl/α,β-unsaturated/α-hetero) is 1. The summed E-state index contributed by atoms with van der Waals surface area (Å²) in [5.74, 6) is -0.442. The SMILES string of the molecule is CC(=O)/C=N/c1c(N2C[C@H](O)[C@@H](CCO)O2)[nH]c(=O)[nH]c1=O. The molecule has 1 aliphatic heterocycles. The molecule has 4 N–H and O–H groups in total. The van der Waals surface area contributed by atoms with Crippen molar-refractivity contribution in [3.8, 4) is 0 Å². The maximum atomic E-state index is 11.8. The highest BCUT2D eigenvalue weighted by molar-refractivity contribution is 6.26. The highest BCUT2D eigenvalue weighted by Crippen LogP contribution is 2.27. The van der Waals surface area contributed by atoms with Gasteiger partial charge in [0.05, 0.1) is 12.8 Å². The van der Waals surface area contributed by atoms with Crippen LogP contribution in [0.2, 0.25) is 0 Å². The Morgan fingerprint density at radius 3 is 2.86 bits per heavy atom. The van der Waals surface area contributed by atoms with E-state index in [1.807, 2.05) is 4.98 Å². The van der Waals surface area contributed by atoms with Crippen LogP contribution in [0.15, 0.2) is 14.6 Å². The molecule has 1 aromatic rings. The molecule has 1 fully saturated rings. The van der Waals surface area contributed by atoms with Gasteiger partial charge in [-0.25, -0.2) is 14.9 Å². The predicted molar refractivity (Wildman–Crippen MR) is 76.4 cm³/mol. The van der Waals surface area contributed by atoms with E-state index in [9.17, 15) is 19.5 Å². The Morgan fingerprint density at radius 1 is 1.50 bits per heavy atom. The van der Waals surface area contributed by atoms with Gasteiger partial charge in [-0.3, -0.25) is 24.4 Å². The number of aliphatic hydroxyl groups is 2. The lowest BCUT2D eigenvalue weighted by molar-refractivity contribution is -0.110. The summed E-state index contributed by atoms with van der Waals surface area (Å²) >= 11 is 0. The number of nitrogens with zero attached hydrogens (tertiary/aromatic N) is 2. The maximum Gasteiger partial charge on any atom is 0.327 e. The van der Waals surface area contributed by atoms with Gasteiger partial charge in [-0.1, -0.05) is 0 Å². The molecule has 0 amide bonds. The molecule has 0 bridgehead atoms. The number of β-amino-alcohol motifs (C(OH)–C–C–N with tert-alkyl or cyclic N) is 1. The summed E-state index contributed by atoms with van der Waals surface area (Å²) < 4.78 is 0. The van der Waals surface area contributed by atoms with Crippen molar-refractivity contribution in [3.63, 3.8) is 0 Å². The monoisotopic (exact) mass is 312 g/mol. The van der Waals surface area contributed by atoms with Gasteiger partial charge < -0.3 is 10.2 Å². The molecule has 0 aliphatic carbocycles. The number of nitrogens with one attached hydrogen (secondary N) is 2. The lowest BCUT2D eigenvalue weighted by Gasteiger charge is -2.17. The zero-order valence-corrected chi connectivity index (χ0v) is 11.8. The number of anilines is 1. The summed E-state index contributed by atoms with van der Waals surface area (Å²) in [5, 5.41) is 19.9. The number of aliphatic hydroxyl groups excluding tert-OH is 2. The molecule has 1 aromatic heterocycles. The fraction of sp³-hybridized carbons (Fsp3) is 0.500. The van der Waals surface area contributed by atoms with Crippen molar-refractivity contribution in [2.75, 3.05) is 18.2 Å². The maximum absolute atomic E-state index is 11.8. The highest BCUT2D eigenvalue weighted by atomic mass is 16.7. The van der Waals surface area contributed by atoms with Crippen LogP contribution in [0.1, 0.15) is 13.3 Å². The third kappa shape index (κ3) is 3.47. The van der Waals surface area contributed by atoms with E-state index in [1.54, 1.807) is 0 Å². The van der Waals surface area contributed by atoms with Crippen LogP contribution in [-0.4, -0.2) is 57.5 Å². The molecule has 1 aliphatic rings. The van der Waals surface area contributed by atoms with Crippen LogP contribution in [0.4, 0.5) is 11.5 Å². The van der Waals surface area contributed by atoms with Crippen molar-refractivity contribution >= 4 is 23.5 Å². The number of H-pyrrole nitrogens is 2. The first-order valence-electron chi connectivity index (χ1n) is 6.57. The number of aliphatic imine (C=N–C) groups is 1. The van der Waals surface area contributed by atoms with E-state index >= 15 is 0 Å². The van der Waals surface area contributed by atoms with Gasteiger partial charge in [-0.15, -0.1) is 0 Å². The predicted octanol–water partition coefficient (Wildman–Crippen LogP) is -1.78. The van der Waals surface area contributed by atoms with Crippen molar-refractivity contribution < 1.29 is 19.8 Å². The van der Waals surface area contributed by atoms with Crippen molar-refractivity contribution in [2.24, 2.45) is 4.99 Å². The molecule has 0 aromatic carbocycles. The Bertz CT molecular complexity index is 694. The number of ketones is 1. The molecule has 10 heteroatoms. The topological polar surface area (TPSA) is 148 Å². The molecule has 0 spiro atoms. The van der Waals surface area contributed by atoms with Crippen LogP contribution < -0.4 is 16.3 Å². The van der Waals surface area contributed by atoms with E-state index in [2.05, 4.69) is 9.98 Å². The van der Waals surface area contributed by atoms with Gasteiger partial charge in [0.1, 0.15) is 12.2 Å². The number of rotatable bonds is 5. The largest absolute Gasteiger partial charge is 0.396 e. The van der Waals surface area contributed by atoms with Crippen LogP contribution in [0.3, 0.4) is 0 Å². The molecule has 120 valence electrons. The Hall–Kier alpha value is -2.30. The minimum Gasteiger partial charge on any atom is -0.396 e. The highest BCUT2D eigenvalue weighted by Gasteiger charge is 2.34. The summed E-state index contributed by atoms with van der Waals surface area (Å²) in [6, 6.07) is 0. The van der Waals surface area contributed by atoms with Gasteiger partial charge in [-0.2, -0.15) is 0 Å². The zero-order chi connectivity index (χ0) is 16.3. The van der Waals surface area contributed by atoms with E-state index in [1.165, 1.54) is 6.92 Å². The second-order valence-corrected chi connectivity index (χ2v) is 4.76. The van der Waals surface area contributed by atoms with Crippen molar-refractivity contribution in [1.29, 1.82) is 0 Å². The Balaban J connectivity index is 2.40. The van der Waals surface area contributed by atoms with Crippen LogP contribution in [0, 0.1) is 0 Å². The van der Waals surface area contributed by atoms with E-state index in [0.29, 0.717) is 0 Å². The zero-order valence-electron chi connectivity index (χ0n) is 11.8. The first-order valence-corrected chi connectivity index (χ1v) is 6.57. The van der Waals surface area contributed by atoms with Crippen LogP contribution in [0.25, 0.3) is 0 Å². The second-order valence-electron chi connectivity index (χ2n) is 4.76. The molecule has 2 heterocycles. The number of hydroxylamine groups is 1. The summed E-state index contributed by atoms with van der Waals surface area (Å²) in [7, 11) is 0.